The first-order chi connectivity index (χ1) is 8.07. The number of ether oxygens (including phenoxy) is 1. The third-order valence-corrected chi connectivity index (χ3v) is 3.31. The molecule has 0 aliphatic carbocycles. The Balaban J connectivity index is 2.63. The van der Waals surface area contributed by atoms with Gasteiger partial charge < -0.3 is 9.84 Å². The Labute approximate surface area is 108 Å². The lowest BCUT2D eigenvalue weighted by molar-refractivity contribution is 0.150. The second kappa shape index (κ2) is 7.03. The molecule has 2 nitrogen and oxygen atoms in total. The number of methoxy groups -OCH3 is 1. The maximum absolute atomic E-state index is 13.2. The minimum atomic E-state index is -0.960. The van der Waals surface area contributed by atoms with Gasteiger partial charge in [0.1, 0.15) is 0 Å². The molecule has 0 aliphatic heterocycles. The van der Waals surface area contributed by atoms with Crippen LogP contribution in [-0.4, -0.2) is 18.8 Å². The molecule has 5 heteroatoms. The van der Waals surface area contributed by atoms with Gasteiger partial charge >= 0.3 is 0 Å². The Bertz CT molecular complexity index is 372. The largest absolute Gasteiger partial charge is 0.388 e. The molecule has 1 atom stereocenters. The number of aliphatic hydroxyl groups excluding tert-OH is 1. The Morgan fingerprint density at radius 2 is 2.06 bits per heavy atom. The van der Waals surface area contributed by atoms with Crippen LogP contribution in [-0.2, 0) is 4.74 Å². The fourth-order valence-corrected chi connectivity index (χ4v) is 2.12. The van der Waals surface area contributed by atoms with Crippen LogP contribution in [0.4, 0.5) is 8.78 Å². The summed E-state index contributed by atoms with van der Waals surface area (Å²) < 4.78 is 31.0. The first kappa shape index (κ1) is 14.5. The van der Waals surface area contributed by atoms with Crippen molar-refractivity contribution in [3.63, 3.8) is 0 Å². The Hall–Kier alpha value is -0.520. The number of halogens is 3. The molecule has 1 N–H and O–H groups in total. The minimum absolute atomic E-state index is 0.00302. The minimum Gasteiger partial charge on any atom is -0.388 e. The number of rotatable bonds is 6. The molecule has 17 heavy (non-hydrogen) atoms. The molecule has 0 radical (unpaired) electrons. The summed E-state index contributed by atoms with van der Waals surface area (Å²) in [6.07, 6.45) is 1.29. The third kappa shape index (κ3) is 4.01. The first-order valence-corrected chi connectivity index (χ1v) is 6.17. The lowest BCUT2D eigenvalue weighted by Crippen LogP contribution is -2.02. The van der Waals surface area contributed by atoms with E-state index in [0.717, 1.165) is 18.9 Å². The highest BCUT2D eigenvalue weighted by Gasteiger charge is 2.16. The lowest BCUT2D eigenvalue weighted by Gasteiger charge is -2.13. The molecule has 1 unspecified atom stereocenters. The zero-order valence-electron chi connectivity index (χ0n) is 9.55. The van der Waals surface area contributed by atoms with Gasteiger partial charge in [-0.15, -0.1) is 0 Å². The van der Waals surface area contributed by atoms with Crippen LogP contribution in [0.5, 0.6) is 0 Å². The standard InChI is InChI=1S/C12H15BrF2O2/c1-17-7-3-2-4-10(16)8-5-6-9(14)12(15)11(8)13/h5-6,10,16H,2-4,7H2,1H3. The van der Waals surface area contributed by atoms with Crippen LogP contribution in [0, 0.1) is 11.6 Å². The summed E-state index contributed by atoms with van der Waals surface area (Å²) in [5, 5.41) is 9.86. The fraction of sp³-hybridized carbons (Fsp3) is 0.500. The summed E-state index contributed by atoms with van der Waals surface area (Å²) in [6.45, 7) is 0.631. The molecule has 1 aromatic carbocycles. The summed E-state index contributed by atoms with van der Waals surface area (Å²) in [5.74, 6) is -1.88. The van der Waals surface area contributed by atoms with Crippen LogP contribution < -0.4 is 0 Å². The van der Waals surface area contributed by atoms with Crippen molar-refractivity contribution in [2.24, 2.45) is 0 Å². The van der Waals surface area contributed by atoms with E-state index in [0.29, 0.717) is 18.6 Å². The highest BCUT2D eigenvalue weighted by molar-refractivity contribution is 9.10. The Kier molecular flexibility index (Phi) is 6.02. The summed E-state index contributed by atoms with van der Waals surface area (Å²) in [7, 11) is 1.61. The lowest BCUT2D eigenvalue weighted by atomic mass is 10.0. The van der Waals surface area contributed by atoms with Crippen molar-refractivity contribution in [3.05, 3.63) is 33.8 Å². The number of hydrogen-bond acceptors (Lipinski definition) is 2. The highest BCUT2D eigenvalue weighted by atomic mass is 79.9. The SMILES string of the molecule is COCCCCC(O)c1ccc(F)c(F)c1Br. The van der Waals surface area contributed by atoms with E-state index in [9.17, 15) is 13.9 Å². The molecule has 0 saturated carbocycles. The van der Waals surface area contributed by atoms with Gasteiger partial charge in [0, 0.05) is 13.7 Å². The van der Waals surface area contributed by atoms with E-state index in [1.165, 1.54) is 6.07 Å². The van der Waals surface area contributed by atoms with Gasteiger partial charge in [-0.3, -0.25) is 0 Å². The zero-order chi connectivity index (χ0) is 12.8. The summed E-state index contributed by atoms with van der Waals surface area (Å²) >= 11 is 2.95. The molecule has 0 bridgehead atoms. The van der Waals surface area contributed by atoms with Gasteiger partial charge in [-0.25, -0.2) is 8.78 Å². The van der Waals surface area contributed by atoms with Crippen molar-refractivity contribution in [3.8, 4) is 0 Å². The van der Waals surface area contributed by atoms with E-state index >= 15 is 0 Å². The molecule has 96 valence electrons. The van der Waals surface area contributed by atoms with Crippen molar-refractivity contribution in [1.82, 2.24) is 0 Å². The second-order valence-corrected chi connectivity index (χ2v) is 4.56. The molecule has 1 rings (SSSR count). The summed E-state index contributed by atoms with van der Waals surface area (Å²) in [4.78, 5) is 0. The van der Waals surface area contributed by atoms with E-state index in [1.54, 1.807) is 7.11 Å². The maximum Gasteiger partial charge on any atom is 0.173 e. The van der Waals surface area contributed by atoms with Crippen molar-refractivity contribution in [2.45, 2.75) is 25.4 Å². The molecule has 0 aliphatic rings. The van der Waals surface area contributed by atoms with Gasteiger partial charge in [0.05, 0.1) is 10.6 Å². The summed E-state index contributed by atoms with van der Waals surface area (Å²) in [5.41, 5.74) is 0.376. The number of benzene rings is 1. The number of hydrogen-bond donors (Lipinski definition) is 1. The predicted octanol–water partition coefficient (Wildman–Crippen LogP) is 3.58. The van der Waals surface area contributed by atoms with Gasteiger partial charge in [-0.2, -0.15) is 0 Å². The molecule has 0 fully saturated rings. The number of unbranched alkanes of at least 4 members (excludes halogenated alkanes) is 1. The molecule has 1 aromatic rings. The average molecular weight is 309 g/mol. The van der Waals surface area contributed by atoms with Crippen LogP contribution in [0.1, 0.15) is 30.9 Å². The normalized spacial score (nSPS) is 12.8. The predicted molar refractivity (Wildman–Crippen MR) is 64.7 cm³/mol. The quantitative estimate of drug-likeness (QED) is 0.643. The van der Waals surface area contributed by atoms with Gasteiger partial charge in [0.25, 0.3) is 0 Å². The van der Waals surface area contributed by atoms with Crippen molar-refractivity contribution in [1.29, 1.82) is 0 Å². The Morgan fingerprint density at radius 3 is 2.71 bits per heavy atom. The van der Waals surface area contributed by atoms with Gasteiger partial charge in [0.2, 0.25) is 0 Å². The molecule has 0 heterocycles. The van der Waals surface area contributed by atoms with E-state index < -0.39 is 17.7 Å². The van der Waals surface area contributed by atoms with Crippen LogP contribution in [0.25, 0.3) is 0 Å². The van der Waals surface area contributed by atoms with Crippen molar-refractivity contribution >= 4 is 15.9 Å². The molecule has 0 amide bonds. The molecule has 0 saturated heterocycles. The molecule has 0 aromatic heterocycles. The maximum atomic E-state index is 13.2. The van der Waals surface area contributed by atoms with Crippen LogP contribution in [0.15, 0.2) is 16.6 Å². The van der Waals surface area contributed by atoms with Crippen molar-refractivity contribution < 1.29 is 18.6 Å². The van der Waals surface area contributed by atoms with E-state index in [4.69, 9.17) is 4.74 Å². The third-order valence-electron chi connectivity index (χ3n) is 2.50. The second-order valence-electron chi connectivity index (χ2n) is 3.77. The fourth-order valence-electron chi connectivity index (χ4n) is 1.54. The Morgan fingerprint density at radius 1 is 1.35 bits per heavy atom. The molecular weight excluding hydrogens is 294 g/mol. The topological polar surface area (TPSA) is 29.5 Å². The van der Waals surface area contributed by atoms with Gasteiger partial charge in [-0.05, 0) is 46.8 Å². The zero-order valence-corrected chi connectivity index (χ0v) is 11.1. The monoisotopic (exact) mass is 308 g/mol. The van der Waals surface area contributed by atoms with Crippen LogP contribution in [0.2, 0.25) is 0 Å². The van der Waals surface area contributed by atoms with Gasteiger partial charge in [-0.1, -0.05) is 6.07 Å². The van der Waals surface area contributed by atoms with Crippen LogP contribution >= 0.6 is 15.9 Å². The van der Waals surface area contributed by atoms with E-state index in [-0.39, 0.29) is 4.47 Å². The molecular formula is C12H15BrF2O2. The highest BCUT2D eigenvalue weighted by Crippen LogP contribution is 2.30. The first-order valence-electron chi connectivity index (χ1n) is 5.38. The molecule has 0 spiro atoms. The average Bonchev–Trinajstić information content (AvgIpc) is 2.31. The summed E-state index contributed by atoms with van der Waals surface area (Å²) in [6, 6.07) is 2.41. The number of aliphatic hydroxyl groups is 1. The van der Waals surface area contributed by atoms with Crippen molar-refractivity contribution in [2.75, 3.05) is 13.7 Å². The van der Waals surface area contributed by atoms with Crippen LogP contribution in [0.3, 0.4) is 0 Å². The smallest absolute Gasteiger partial charge is 0.173 e. The van der Waals surface area contributed by atoms with E-state index in [2.05, 4.69) is 15.9 Å². The van der Waals surface area contributed by atoms with Gasteiger partial charge in [0.15, 0.2) is 11.6 Å². The van der Waals surface area contributed by atoms with E-state index in [1.807, 2.05) is 0 Å².